The van der Waals surface area contributed by atoms with Gasteiger partial charge in [0.15, 0.2) is 6.10 Å². The minimum Gasteiger partial charge on any atom is -0.462 e. The van der Waals surface area contributed by atoms with E-state index in [0.717, 1.165) is 89.9 Å². The first-order valence-corrected chi connectivity index (χ1v) is 32.7. The smallest absolute Gasteiger partial charge is 0.309 e. The standard InChI is InChI=1S/C73H120O6/c1-4-7-10-13-16-19-22-25-28-30-32-33-34-35-36-37-38-39-41-42-45-48-51-54-57-60-63-66-72(75)78-69-70(68-77-71(74)65-62-59-56-53-50-47-44-27-24-21-18-15-12-9-6-3)79-73(76)67-64-61-58-55-52-49-46-43-40-31-29-26-23-20-17-14-11-8-5-2/h8-9,11-12,17-18,20-21,26-27,29,40,43-44,49-50,52-53,58-59,61-62,70H,4-7,10,13-16,19,22-25,28,30-39,41-42,45-48,51,54-57,60,63-69H2,1-3H3/b11-8-,12-9-,20-17-,21-18-,29-26-,43-40-,44-27-,52-49-,53-50-,61-58-,62-59-. The van der Waals surface area contributed by atoms with E-state index < -0.39 is 18.0 Å². The zero-order valence-corrected chi connectivity index (χ0v) is 51.3. The Morgan fingerprint density at radius 3 is 0.861 bits per heavy atom. The van der Waals surface area contributed by atoms with E-state index in [9.17, 15) is 14.4 Å². The average Bonchev–Trinajstić information content (AvgIpc) is 3.45. The molecular formula is C73H120O6. The minimum absolute atomic E-state index is 0.107. The van der Waals surface area contributed by atoms with Crippen molar-refractivity contribution < 1.29 is 28.6 Å². The summed E-state index contributed by atoms with van der Waals surface area (Å²) in [5.74, 6) is -1.16. The van der Waals surface area contributed by atoms with Gasteiger partial charge in [-0.1, -0.05) is 321 Å². The Labute approximate surface area is 487 Å². The number of carbonyl (C=O) groups excluding carboxylic acids is 3. The lowest BCUT2D eigenvalue weighted by Crippen LogP contribution is -2.30. The summed E-state index contributed by atoms with van der Waals surface area (Å²) in [5, 5.41) is 0. The molecule has 0 aliphatic carbocycles. The zero-order chi connectivity index (χ0) is 57.1. The van der Waals surface area contributed by atoms with Gasteiger partial charge < -0.3 is 14.2 Å². The summed E-state index contributed by atoms with van der Waals surface area (Å²) in [7, 11) is 0. The second kappa shape index (κ2) is 66.1. The highest BCUT2D eigenvalue weighted by molar-refractivity contribution is 5.72. The summed E-state index contributed by atoms with van der Waals surface area (Å²) < 4.78 is 16.7. The van der Waals surface area contributed by atoms with E-state index in [0.29, 0.717) is 12.8 Å². The molecule has 0 spiro atoms. The largest absolute Gasteiger partial charge is 0.462 e. The van der Waals surface area contributed by atoms with Crippen molar-refractivity contribution in [2.24, 2.45) is 0 Å². The summed E-state index contributed by atoms with van der Waals surface area (Å²) >= 11 is 0. The topological polar surface area (TPSA) is 78.9 Å². The Balaban J connectivity index is 4.43. The molecule has 6 nitrogen and oxygen atoms in total. The van der Waals surface area contributed by atoms with Crippen LogP contribution in [-0.4, -0.2) is 37.2 Å². The number of ether oxygens (including phenoxy) is 3. The van der Waals surface area contributed by atoms with Crippen LogP contribution in [0.25, 0.3) is 0 Å². The normalized spacial score (nSPS) is 13.0. The van der Waals surface area contributed by atoms with Gasteiger partial charge in [-0.3, -0.25) is 14.4 Å². The molecule has 0 aromatic heterocycles. The van der Waals surface area contributed by atoms with Gasteiger partial charge in [0.05, 0.1) is 6.42 Å². The van der Waals surface area contributed by atoms with Crippen molar-refractivity contribution >= 4 is 17.9 Å². The van der Waals surface area contributed by atoms with Gasteiger partial charge in [0.25, 0.3) is 0 Å². The molecule has 0 aromatic rings. The van der Waals surface area contributed by atoms with E-state index in [-0.39, 0.29) is 32.0 Å². The van der Waals surface area contributed by atoms with E-state index in [1.807, 2.05) is 18.2 Å². The molecule has 0 saturated carbocycles. The molecule has 79 heavy (non-hydrogen) atoms. The fourth-order valence-electron chi connectivity index (χ4n) is 8.90. The molecule has 0 aliphatic rings. The number of rotatable bonds is 58. The van der Waals surface area contributed by atoms with Crippen LogP contribution in [0.2, 0.25) is 0 Å². The maximum absolute atomic E-state index is 12.9. The Morgan fingerprint density at radius 1 is 0.278 bits per heavy atom. The third-order valence-electron chi connectivity index (χ3n) is 13.7. The second-order valence-electron chi connectivity index (χ2n) is 21.3. The summed E-state index contributed by atoms with van der Waals surface area (Å²) in [6.07, 6.45) is 93.8. The quantitative estimate of drug-likeness (QED) is 0.0261. The highest BCUT2D eigenvalue weighted by Gasteiger charge is 2.19. The monoisotopic (exact) mass is 1090 g/mol. The molecule has 0 N–H and O–H groups in total. The summed E-state index contributed by atoms with van der Waals surface area (Å²) in [6, 6.07) is 0. The van der Waals surface area contributed by atoms with Gasteiger partial charge in [-0.25, -0.2) is 0 Å². The summed E-state index contributed by atoms with van der Waals surface area (Å²) in [4.78, 5) is 38.2. The molecule has 0 aliphatic heterocycles. The second-order valence-corrected chi connectivity index (χ2v) is 21.3. The molecule has 0 radical (unpaired) electrons. The lowest BCUT2D eigenvalue weighted by molar-refractivity contribution is -0.166. The van der Waals surface area contributed by atoms with Crippen molar-refractivity contribution in [3.63, 3.8) is 0 Å². The van der Waals surface area contributed by atoms with E-state index >= 15 is 0 Å². The number of carbonyl (C=O) groups is 3. The van der Waals surface area contributed by atoms with Crippen LogP contribution < -0.4 is 0 Å². The molecule has 0 saturated heterocycles. The molecule has 1 unspecified atom stereocenters. The highest BCUT2D eigenvalue weighted by Crippen LogP contribution is 2.17. The number of hydrogen-bond donors (Lipinski definition) is 0. The minimum atomic E-state index is -0.863. The first kappa shape index (κ1) is 74.5. The lowest BCUT2D eigenvalue weighted by atomic mass is 10.0. The van der Waals surface area contributed by atoms with Gasteiger partial charge in [-0.05, 0) is 83.5 Å². The van der Waals surface area contributed by atoms with Crippen LogP contribution in [0.15, 0.2) is 134 Å². The fraction of sp³-hybridized carbons (Fsp3) is 0.658. The van der Waals surface area contributed by atoms with Crippen molar-refractivity contribution in [3.05, 3.63) is 134 Å². The predicted molar refractivity (Wildman–Crippen MR) is 343 cm³/mol. The maximum Gasteiger partial charge on any atom is 0.309 e. The van der Waals surface area contributed by atoms with Crippen molar-refractivity contribution in [2.75, 3.05) is 13.2 Å². The molecule has 0 amide bonds. The van der Waals surface area contributed by atoms with Crippen LogP contribution in [-0.2, 0) is 28.6 Å². The first-order valence-electron chi connectivity index (χ1n) is 32.7. The number of allylic oxidation sites excluding steroid dienone is 21. The van der Waals surface area contributed by atoms with E-state index in [2.05, 4.69) is 130 Å². The maximum atomic E-state index is 12.9. The summed E-state index contributed by atoms with van der Waals surface area (Å²) in [5.41, 5.74) is 0. The van der Waals surface area contributed by atoms with Gasteiger partial charge in [0.1, 0.15) is 13.2 Å². The average molecular weight is 1090 g/mol. The predicted octanol–water partition coefficient (Wildman–Crippen LogP) is 22.5. The summed E-state index contributed by atoms with van der Waals surface area (Å²) in [6.45, 7) is 6.28. The molecule has 0 aromatic carbocycles. The Morgan fingerprint density at radius 2 is 0.544 bits per heavy atom. The van der Waals surface area contributed by atoms with E-state index in [1.54, 1.807) is 6.08 Å². The Bertz CT molecular complexity index is 1680. The molecule has 0 bridgehead atoms. The molecule has 0 fully saturated rings. The van der Waals surface area contributed by atoms with Crippen LogP contribution in [0, 0.1) is 0 Å². The number of esters is 3. The van der Waals surface area contributed by atoms with Crippen molar-refractivity contribution in [1.29, 1.82) is 0 Å². The van der Waals surface area contributed by atoms with Crippen molar-refractivity contribution in [3.8, 4) is 0 Å². The molecule has 6 heteroatoms. The molecule has 0 rings (SSSR count). The van der Waals surface area contributed by atoms with Crippen LogP contribution in [0.5, 0.6) is 0 Å². The van der Waals surface area contributed by atoms with Gasteiger partial charge in [-0.2, -0.15) is 0 Å². The Hall–Kier alpha value is -4.45. The van der Waals surface area contributed by atoms with Crippen LogP contribution in [0.1, 0.15) is 290 Å². The van der Waals surface area contributed by atoms with Crippen LogP contribution >= 0.6 is 0 Å². The van der Waals surface area contributed by atoms with Gasteiger partial charge in [0.2, 0.25) is 0 Å². The molecule has 0 heterocycles. The van der Waals surface area contributed by atoms with Gasteiger partial charge >= 0.3 is 17.9 Å². The Kier molecular flexibility index (Phi) is 62.3. The van der Waals surface area contributed by atoms with Gasteiger partial charge in [0, 0.05) is 12.8 Å². The first-order chi connectivity index (χ1) is 39.0. The molecule has 1 atom stereocenters. The molecular weight excluding hydrogens is 973 g/mol. The van der Waals surface area contributed by atoms with Crippen molar-refractivity contribution in [1.82, 2.24) is 0 Å². The third-order valence-corrected chi connectivity index (χ3v) is 13.7. The zero-order valence-electron chi connectivity index (χ0n) is 51.3. The van der Waals surface area contributed by atoms with Crippen LogP contribution in [0.4, 0.5) is 0 Å². The van der Waals surface area contributed by atoms with E-state index in [4.69, 9.17) is 14.2 Å². The van der Waals surface area contributed by atoms with Crippen LogP contribution in [0.3, 0.4) is 0 Å². The lowest BCUT2D eigenvalue weighted by Gasteiger charge is -2.18. The fourth-order valence-corrected chi connectivity index (χ4v) is 8.90. The SMILES string of the molecule is CC/C=C\C/C=C\C/C=C\C/C=C\C/C=C\C/C=C\CCC(=O)OC(COC(=O)C/C=C\C/C=C\C/C=C\C/C=C\C/C=C\CC)COC(=O)CCCCCCCCCCCCCCCCCCCCCCCCCCCCC. The van der Waals surface area contributed by atoms with E-state index in [1.165, 1.54) is 154 Å². The van der Waals surface area contributed by atoms with Crippen molar-refractivity contribution in [2.45, 2.75) is 297 Å². The van der Waals surface area contributed by atoms with Gasteiger partial charge in [-0.15, -0.1) is 0 Å². The number of unbranched alkanes of at least 4 members (excludes halogenated alkanes) is 26. The number of hydrogen-bond acceptors (Lipinski definition) is 6. The third kappa shape index (κ3) is 64.3. The highest BCUT2D eigenvalue weighted by atomic mass is 16.6. The molecule has 448 valence electrons.